The molecule has 0 atom stereocenters. The summed E-state index contributed by atoms with van der Waals surface area (Å²) >= 11 is 0. The molecule has 0 aromatic heterocycles. The van der Waals surface area contributed by atoms with Crippen molar-refractivity contribution in [3.05, 3.63) is 35.4 Å². The predicted octanol–water partition coefficient (Wildman–Crippen LogP) is 6.45. The second-order valence-electron chi connectivity index (χ2n) is 5.24. The molecule has 0 amide bonds. The molecule has 13 heteroatoms. The number of hydrogen-bond acceptors (Lipinski definition) is 1. The third kappa shape index (κ3) is 4.80. The van der Waals surface area contributed by atoms with Crippen molar-refractivity contribution in [3.63, 3.8) is 0 Å². The van der Waals surface area contributed by atoms with Gasteiger partial charge in [-0.1, -0.05) is 18.7 Å². The van der Waals surface area contributed by atoms with Gasteiger partial charge < -0.3 is 5.11 Å². The zero-order valence-corrected chi connectivity index (χ0v) is 12.6. The zero-order valence-electron chi connectivity index (χ0n) is 12.6. The Morgan fingerprint density at radius 3 is 1.30 bits per heavy atom. The van der Waals surface area contributed by atoms with Gasteiger partial charge in [-0.2, -0.15) is 52.7 Å². The summed E-state index contributed by atoms with van der Waals surface area (Å²) in [6, 6.07) is 0.430. The summed E-state index contributed by atoms with van der Waals surface area (Å²) in [6.45, 7) is 2.81. The fourth-order valence-corrected chi connectivity index (χ4v) is 2.47. The van der Waals surface area contributed by atoms with Crippen molar-refractivity contribution in [2.24, 2.45) is 0 Å². The second-order valence-corrected chi connectivity index (χ2v) is 5.24. The van der Waals surface area contributed by atoms with Crippen LogP contribution in [0.1, 0.15) is 28.5 Å². The lowest BCUT2D eigenvalue weighted by atomic mass is 9.82. The molecule has 1 aromatic rings. The van der Waals surface area contributed by atoms with Crippen LogP contribution in [0.15, 0.2) is 18.7 Å². The summed E-state index contributed by atoms with van der Waals surface area (Å²) < 4.78 is 156. The Morgan fingerprint density at radius 1 is 0.667 bits per heavy atom. The molecule has 0 unspecified atom stereocenters. The molecular formula is C14H8F12O. The fraction of sp³-hybridized carbons (Fsp3) is 0.429. The summed E-state index contributed by atoms with van der Waals surface area (Å²) in [5, 5.41) is 9.42. The minimum absolute atomic E-state index is 0.129. The molecule has 0 radical (unpaired) electrons. The standard InChI is InChI=1S/C14H8F12O/c1-2-5-3-4-6(27)8(10(13(21,22)23)14(24,25)26)7(5)9(11(15,16)17)12(18,19)20/h2-4,9-10,27H,1H2. The number of phenolic OH excluding ortho intramolecular Hbond substituents is 1. The molecule has 154 valence electrons. The van der Waals surface area contributed by atoms with E-state index in [-0.39, 0.29) is 12.1 Å². The quantitative estimate of drug-likeness (QED) is 0.558. The molecule has 0 saturated carbocycles. The van der Waals surface area contributed by atoms with Gasteiger partial charge in [-0.3, -0.25) is 0 Å². The summed E-state index contributed by atoms with van der Waals surface area (Å²) in [7, 11) is 0. The van der Waals surface area contributed by atoms with Gasteiger partial charge in [0.05, 0.1) is 0 Å². The Labute approximate surface area is 142 Å². The van der Waals surface area contributed by atoms with Crippen LogP contribution >= 0.6 is 0 Å². The van der Waals surface area contributed by atoms with E-state index in [1.165, 1.54) is 0 Å². The number of halogens is 12. The van der Waals surface area contributed by atoms with Crippen molar-refractivity contribution in [3.8, 4) is 5.75 Å². The first-order valence-electron chi connectivity index (χ1n) is 6.58. The number of rotatable bonds is 3. The number of aromatic hydroxyl groups is 1. The largest absolute Gasteiger partial charge is 0.508 e. The molecule has 0 aliphatic heterocycles. The Kier molecular flexibility index (Phi) is 5.80. The van der Waals surface area contributed by atoms with Crippen molar-refractivity contribution in [2.75, 3.05) is 0 Å². The van der Waals surface area contributed by atoms with Gasteiger partial charge in [0, 0.05) is 5.56 Å². The van der Waals surface area contributed by atoms with Crippen LogP contribution in [0.2, 0.25) is 0 Å². The van der Waals surface area contributed by atoms with Crippen LogP contribution in [-0.4, -0.2) is 29.8 Å². The number of benzene rings is 1. The lowest BCUT2D eigenvalue weighted by Gasteiger charge is -2.31. The maximum atomic E-state index is 13.0. The molecule has 0 aliphatic rings. The fourth-order valence-electron chi connectivity index (χ4n) is 2.47. The van der Waals surface area contributed by atoms with Crippen molar-refractivity contribution in [2.45, 2.75) is 36.5 Å². The molecule has 1 rings (SSSR count). The lowest BCUT2D eigenvalue weighted by Crippen LogP contribution is -2.39. The Morgan fingerprint density at radius 2 is 1.00 bits per heavy atom. The van der Waals surface area contributed by atoms with Gasteiger partial charge in [-0.25, -0.2) is 0 Å². The van der Waals surface area contributed by atoms with Crippen LogP contribution < -0.4 is 0 Å². The van der Waals surface area contributed by atoms with Crippen LogP contribution in [0.25, 0.3) is 6.08 Å². The average molecular weight is 420 g/mol. The van der Waals surface area contributed by atoms with E-state index in [0.717, 1.165) is 0 Å². The van der Waals surface area contributed by atoms with E-state index in [9.17, 15) is 57.8 Å². The van der Waals surface area contributed by atoms with Crippen molar-refractivity contribution in [1.29, 1.82) is 0 Å². The SMILES string of the molecule is C=Cc1ccc(O)c(C(C(F)(F)F)C(F)(F)F)c1C(C(F)(F)F)C(F)(F)F. The van der Waals surface area contributed by atoms with Crippen molar-refractivity contribution < 1.29 is 57.8 Å². The molecule has 1 aromatic carbocycles. The highest BCUT2D eigenvalue weighted by Gasteiger charge is 2.64. The highest BCUT2D eigenvalue weighted by Crippen LogP contribution is 2.56. The molecule has 1 nitrogen and oxygen atoms in total. The topological polar surface area (TPSA) is 20.2 Å². The van der Waals surface area contributed by atoms with Gasteiger partial charge in [0.1, 0.15) is 5.75 Å². The highest BCUT2D eigenvalue weighted by molar-refractivity contribution is 5.61. The monoisotopic (exact) mass is 420 g/mol. The Balaban J connectivity index is 4.11. The summed E-state index contributed by atoms with van der Waals surface area (Å²) in [4.78, 5) is 0. The van der Waals surface area contributed by atoms with E-state index in [2.05, 4.69) is 6.58 Å². The maximum absolute atomic E-state index is 13.0. The maximum Gasteiger partial charge on any atom is 0.404 e. The van der Waals surface area contributed by atoms with Gasteiger partial charge in [-0.05, 0) is 17.2 Å². The molecule has 0 saturated heterocycles. The molecule has 0 aliphatic carbocycles. The van der Waals surface area contributed by atoms with E-state index >= 15 is 0 Å². The zero-order chi connectivity index (χ0) is 21.6. The van der Waals surface area contributed by atoms with Crippen molar-refractivity contribution in [1.82, 2.24) is 0 Å². The molecule has 1 N–H and O–H groups in total. The lowest BCUT2D eigenvalue weighted by molar-refractivity contribution is -0.262. The van der Waals surface area contributed by atoms with Gasteiger partial charge in [0.15, 0.2) is 11.8 Å². The smallest absolute Gasteiger partial charge is 0.404 e. The first kappa shape index (κ1) is 23.0. The minimum atomic E-state index is -6.34. The second kappa shape index (κ2) is 6.82. The Hall–Kier alpha value is -2.08. The van der Waals surface area contributed by atoms with Gasteiger partial charge in [0.2, 0.25) is 0 Å². The number of phenols is 1. The molecule has 0 heterocycles. The normalized spacial score (nSPS) is 14.1. The van der Waals surface area contributed by atoms with E-state index < -0.39 is 59.0 Å². The molecule has 27 heavy (non-hydrogen) atoms. The molecular weight excluding hydrogens is 412 g/mol. The predicted molar refractivity (Wildman–Crippen MR) is 67.9 cm³/mol. The van der Waals surface area contributed by atoms with Crippen LogP contribution in [0.5, 0.6) is 5.75 Å². The highest BCUT2D eigenvalue weighted by atomic mass is 19.4. The van der Waals surface area contributed by atoms with E-state index in [1.807, 2.05) is 0 Å². The van der Waals surface area contributed by atoms with E-state index in [1.54, 1.807) is 0 Å². The first-order valence-corrected chi connectivity index (χ1v) is 6.58. The first-order chi connectivity index (χ1) is 11.8. The minimum Gasteiger partial charge on any atom is -0.508 e. The third-order valence-corrected chi connectivity index (χ3v) is 3.40. The molecule has 0 fully saturated rings. The van der Waals surface area contributed by atoms with Gasteiger partial charge in [-0.15, -0.1) is 0 Å². The van der Waals surface area contributed by atoms with Crippen molar-refractivity contribution >= 4 is 6.08 Å². The summed E-state index contributed by atoms with van der Waals surface area (Å²) in [6.07, 6.45) is -25.1. The van der Waals surface area contributed by atoms with Gasteiger partial charge >= 0.3 is 24.7 Å². The van der Waals surface area contributed by atoms with E-state index in [4.69, 9.17) is 0 Å². The van der Waals surface area contributed by atoms with Crippen LogP contribution in [0, 0.1) is 0 Å². The third-order valence-electron chi connectivity index (χ3n) is 3.40. The Bertz CT molecular complexity index is 664. The summed E-state index contributed by atoms with van der Waals surface area (Å²) in [5.74, 6) is -11.5. The van der Waals surface area contributed by atoms with Gasteiger partial charge in [0.25, 0.3) is 0 Å². The average Bonchev–Trinajstić information content (AvgIpc) is 2.36. The van der Waals surface area contributed by atoms with Crippen LogP contribution in [0.4, 0.5) is 52.7 Å². The van der Waals surface area contributed by atoms with Crippen LogP contribution in [0.3, 0.4) is 0 Å². The number of hydrogen-bond donors (Lipinski definition) is 1. The number of alkyl halides is 12. The molecule has 0 bridgehead atoms. The van der Waals surface area contributed by atoms with Crippen LogP contribution in [-0.2, 0) is 0 Å². The van der Waals surface area contributed by atoms with E-state index in [0.29, 0.717) is 6.07 Å². The molecule has 0 spiro atoms. The summed E-state index contributed by atoms with van der Waals surface area (Å²) in [5.41, 5.74) is -6.28.